The second kappa shape index (κ2) is 4.22. The van der Waals surface area contributed by atoms with Crippen LogP contribution in [0.3, 0.4) is 0 Å². The van der Waals surface area contributed by atoms with Gasteiger partial charge in [-0.1, -0.05) is 0 Å². The summed E-state index contributed by atoms with van der Waals surface area (Å²) in [6, 6.07) is 3.53. The Balaban J connectivity index is 2.14. The number of H-pyrrole nitrogens is 1. The highest BCUT2D eigenvalue weighted by molar-refractivity contribution is 7.99. The minimum absolute atomic E-state index is 0.0127. The zero-order valence-corrected chi connectivity index (χ0v) is 8.78. The lowest BCUT2D eigenvalue weighted by Crippen LogP contribution is -1.93. The zero-order valence-electron chi connectivity index (χ0n) is 7.97. The summed E-state index contributed by atoms with van der Waals surface area (Å²) in [6.07, 6.45) is 2.99. The van der Waals surface area contributed by atoms with Gasteiger partial charge < -0.3 is 0 Å². The smallest absolute Gasteiger partial charge is 0.189 e. The van der Waals surface area contributed by atoms with Gasteiger partial charge in [-0.05, 0) is 30.8 Å². The molecule has 0 aliphatic heterocycles. The van der Waals surface area contributed by atoms with Crippen LogP contribution in [0.2, 0.25) is 0 Å². The minimum Gasteiger partial charge on any atom is -0.294 e. The van der Waals surface area contributed by atoms with Crippen LogP contribution in [0.5, 0.6) is 0 Å². The van der Waals surface area contributed by atoms with Gasteiger partial charge in [-0.2, -0.15) is 5.10 Å². The summed E-state index contributed by atoms with van der Waals surface area (Å²) < 4.78 is 0. The predicted molar refractivity (Wildman–Crippen MR) is 54.7 cm³/mol. The first-order valence-corrected chi connectivity index (χ1v) is 5.07. The summed E-state index contributed by atoms with van der Waals surface area (Å²) >= 11 is 1.36. The largest absolute Gasteiger partial charge is 0.294 e. The van der Waals surface area contributed by atoms with Crippen molar-refractivity contribution in [2.24, 2.45) is 0 Å². The molecule has 0 spiro atoms. The first-order valence-electron chi connectivity index (χ1n) is 4.26. The van der Waals surface area contributed by atoms with Gasteiger partial charge in [0.25, 0.3) is 0 Å². The lowest BCUT2D eigenvalue weighted by molar-refractivity contribution is 0.101. The molecule has 15 heavy (non-hydrogen) atoms. The molecule has 0 aliphatic carbocycles. The molecule has 0 radical (unpaired) electrons. The van der Waals surface area contributed by atoms with Crippen molar-refractivity contribution in [3.63, 3.8) is 0 Å². The number of nitrogens with one attached hydrogen (secondary N) is 1. The Morgan fingerprint density at radius 1 is 1.40 bits per heavy atom. The highest BCUT2D eigenvalue weighted by Gasteiger charge is 2.03. The SMILES string of the molecule is CC(=O)c1ccc(Sc2ncn[nH]2)nc1. The number of Topliss-reactive ketones (excluding diaryl/α,β-unsaturated/α-hetero) is 1. The van der Waals surface area contributed by atoms with Crippen molar-refractivity contribution in [1.82, 2.24) is 20.2 Å². The average molecular weight is 220 g/mol. The number of hydrogen-bond donors (Lipinski definition) is 1. The first kappa shape index (κ1) is 9.85. The Labute approximate surface area is 90.3 Å². The van der Waals surface area contributed by atoms with Crippen molar-refractivity contribution in [3.05, 3.63) is 30.2 Å². The third kappa shape index (κ3) is 2.41. The molecule has 0 amide bonds. The molecular formula is C9H8N4OS. The third-order valence-corrected chi connectivity index (χ3v) is 2.58. The van der Waals surface area contributed by atoms with Crippen molar-refractivity contribution >= 4 is 17.5 Å². The van der Waals surface area contributed by atoms with Crippen molar-refractivity contribution in [3.8, 4) is 0 Å². The van der Waals surface area contributed by atoms with Crippen LogP contribution < -0.4 is 0 Å². The lowest BCUT2D eigenvalue weighted by Gasteiger charge is -1.97. The van der Waals surface area contributed by atoms with E-state index in [9.17, 15) is 4.79 Å². The molecule has 0 atom stereocenters. The van der Waals surface area contributed by atoms with E-state index in [2.05, 4.69) is 20.2 Å². The Kier molecular flexibility index (Phi) is 2.77. The summed E-state index contributed by atoms with van der Waals surface area (Å²) in [5.41, 5.74) is 0.608. The van der Waals surface area contributed by atoms with Crippen LogP contribution in [0.1, 0.15) is 17.3 Å². The molecule has 0 aromatic carbocycles. The van der Waals surface area contributed by atoms with Crippen LogP contribution in [0.4, 0.5) is 0 Å². The van der Waals surface area contributed by atoms with E-state index in [0.717, 1.165) is 5.03 Å². The number of ketones is 1. The monoisotopic (exact) mass is 220 g/mol. The first-order chi connectivity index (χ1) is 7.25. The Morgan fingerprint density at radius 2 is 2.27 bits per heavy atom. The Morgan fingerprint density at radius 3 is 2.80 bits per heavy atom. The van der Waals surface area contributed by atoms with Gasteiger partial charge in [0.1, 0.15) is 11.4 Å². The average Bonchev–Trinajstić information content (AvgIpc) is 2.71. The molecule has 0 fully saturated rings. The van der Waals surface area contributed by atoms with E-state index in [1.54, 1.807) is 18.3 Å². The molecule has 1 N–H and O–H groups in total. The van der Waals surface area contributed by atoms with Crippen LogP contribution >= 0.6 is 11.8 Å². The van der Waals surface area contributed by atoms with Gasteiger partial charge in [0, 0.05) is 11.8 Å². The van der Waals surface area contributed by atoms with E-state index >= 15 is 0 Å². The maximum absolute atomic E-state index is 11.0. The van der Waals surface area contributed by atoms with Crippen LogP contribution in [0.25, 0.3) is 0 Å². The van der Waals surface area contributed by atoms with Gasteiger partial charge >= 0.3 is 0 Å². The van der Waals surface area contributed by atoms with Gasteiger partial charge in [0.2, 0.25) is 0 Å². The van der Waals surface area contributed by atoms with E-state index in [0.29, 0.717) is 10.7 Å². The topological polar surface area (TPSA) is 71.5 Å². The van der Waals surface area contributed by atoms with Crippen LogP contribution in [-0.4, -0.2) is 25.9 Å². The number of pyridine rings is 1. The summed E-state index contributed by atoms with van der Waals surface area (Å²) in [5.74, 6) is 0.0127. The molecule has 0 bridgehead atoms. The van der Waals surface area contributed by atoms with Gasteiger partial charge in [-0.15, -0.1) is 0 Å². The normalized spacial score (nSPS) is 10.2. The van der Waals surface area contributed by atoms with E-state index < -0.39 is 0 Å². The number of nitrogens with zero attached hydrogens (tertiary/aromatic N) is 3. The fourth-order valence-electron chi connectivity index (χ4n) is 0.991. The number of aromatic nitrogens is 4. The second-order valence-electron chi connectivity index (χ2n) is 2.83. The summed E-state index contributed by atoms with van der Waals surface area (Å²) in [4.78, 5) is 19.1. The van der Waals surface area contributed by atoms with Crippen LogP contribution in [-0.2, 0) is 0 Å². The predicted octanol–water partition coefficient (Wildman–Crippen LogP) is 1.55. The van der Waals surface area contributed by atoms with Crippen molar-refractivity contribution < 1.29 is 4.79 Å². The molecule has 76 valence electrons. The molecule has 2 aromatic rings. The maximum Gasteiger partial charge on any atom is 0.189 e. The highest BCUT2D eigenvalue weighted by Crippen LogP contribution is 2.21. The van der Waals surface area contributed by atoms with E-state index in [1.165, 1.54) is 25.0 Å². The highest BCUT2D eigenvalue weighted by atomic mass is 32.2. The van der Waals surface area contributed by atoms with Crippen molar-refractivity contribution in [2.75, 3.05) is 0 Å². The second-order valence-corrected chi connectivity index (χ2v) is 3.84. The number of aromatic amines is 1. The number of carbonyl (C=O) groups is 1. The van der Waals surface area contributed by atoms with Crippen molar-refractivity contribution in [1.29, 1.82) is 0 Å². The van der Waals surface area contributed by atoms with Gasteiger partial charge in [-0.3, -0.25) is 9.89 Å². The molecule has 0 aliphatic rings. The third-order valence-electron chi connectivity index (χ3n) is 1.74. The molecule has 0 unspecified atom stereocenters. The fraction of sp³-hybridized carbons (Fsp3) is 0.111. The number of rotatable bonds is 3. The van der Waals surface area contributed by atoms with E-state index in [1.807, 2.05) is 0 Å². The van der Waals surface area contributed by atoms with E-state index in [-0.39, 0.29) is 5.78 Å². The molecule has 2 aromatic heterocycles. The van der Waals surface area contributed by atoms with Crippen LogP contribution in [0.15, 0.2) is 34.8 Å². The van der Waals surface area contributed by atoms with E-state index in [4.69, 9.17) is 0 Å². The molecule has 0 saturated heterocycles. The quantitative estimate of drug-likeness (QED) is 0.794. The summed E-state index contributed by atoms with van der Waals surface area (Å²) in [5, 5.41) is 7.90. The summed E-state index contributed by atoms with van der Waals surface area (Å²) in [7, 11) is 0. The fourth-order valence-corrected chi connectivity index (χ4v) is 1.63. The van der Waals surface area contributed by atoms with Gasteiger partial charge in [0.05, 0.1) is 0 Å². The van der Waals surface area contributed by atoms with Gasteiger partial charge in [-0.25, -0.2) is 9.97 Å². The molecule has 2 rings (SSSR count). The number of carbonyl (C=O) groups excluding carboxylic acids is 1. The molecule has 0 saturated carbocycles. The lowest BCUT2D eigenvalue weighted by atomic mass is 10.2. The minimum atomic E-state index is 0.0127. The zero-order chi connectivity index (χ0) is 10.7. The molecule has 6 heteroatoms. The summed E-state index contributed by atoms with van der Waals surface area (Å²) in [6.45, 7) is 1.51. The maximum atomic E-state index is 11.0. The molecule has 5 nitrogen and oxygen atoms in total. The molecular weight excluding hydrogens is 212 g/mol. The van der Waals surface area contributed by atoms with Gasteiger partial charge in [0.15, 0.2) is 10.9 Å². The Hall–Kier alpha value is -1.69. The Bertz CT molecular complexity index is 451. The number of hydrogen-bond acceptors (Lipinski definition) is 5. The van der Waals surface area contributed by atoms with Crippen LogP contribution in [0, 0.1) is 0 Å². The molecule has 2 heterocycles. The standard InChI is InChI=1S/C9H8N4OS/c1-6(14)7-2-3-8(10-4-7)15-9-11-5-12-13-9/h2-5H,1H3,(H,11,12,13). The van der Waals surface area contributed by atoms with Crippen molar-refractivity contribution in [2.45, 2.75) is 17.1 Å².